The van der Waals surface area contributed by atoms with Crippen LogP contribution in [0.2, 0.25) is 0 Å². The van der Waals surface area contributed by atoms with Crippen molar-refractivity contribution < 1.29 is 9.95 Å². The van der Waals surface area contributed by atoms with Crippen molar-refractivity contribution >= 4 is 11.0 Å². The van der Waals surface area contributed by atoms with Crippen molar-refractivity contribution in [3.63, 3.8) is 0 Å². The number of aromatic nitrogens is 3. The molecular formula is C16H17N3O2. The smallest absolute Gasteiger partial charge is 0.250 e. The maximum absolute atomic E-state index is 12.3. The number of hydrogen-bond donors (Lipinski definition) is 1. The molecular weight excluding hydrogens is 266 g/mol. The van der Waals surface area contributed by atoms with Crippen molar-refractivity contribution in [2.24, 2.45) is 0 Å². The molecule has 0 atom stereocenters. The van der Waals surface area contributed by atoms with Gasteiger partial charge in [-0.25, -0.2) is 0 Å². The third-order valence-electron chi connectivity index (χ3n) is 3.52. The van der Waals surface area contributed by atoms with Gasteiger partial charge in [-0.15, -0.1) is 4.85 Å². The fourth-order valence-corrected chi connectivity index (χ4v) is 2.26. The van der Waals surface area contributed by atoms with E-state index in [1.807, 2.05) is 12.1 Å². The van der Waals surface area contributed by atoms with Crippen molar-refractivity contribution in [3.8, 4) is 11.4 Å². The van der Waals surface area contributed by atoms with Crippen molar-refractivity contribution in [1.29, 1.82) is 0 Å². The molecule has 1 aromatic heterocycles. The molecule has 21 heavy (non-hydrogen) atoms. The first kappa shape index (κ1) is 13.4. The van der Waals surface area contributed by atoms with Gasteiger partial charge in [-0.1, -0.05) is 39.0 Å². The van der Waals surface area contributed by atoms with Gasteiger partial charge in [0.2, 0.25) is 11.0 Å². The van der Waals surface area contributed by atoms with Crippen molar-refractivity contribution in [1.82, 2.24) is 9.90 Å². The number of phenolic OH excluding ortho intramolecular Hbond substituents is 1. The quantitative estimate of drug-likeness (QED) is 0.551. The van der Waals surface area contributed by atoms with Gasteiger partial charge < -0.3 is 10.3 Å². The van der Waals surface area contributed by atoms with Crippen LogP contribution >= 0.6 is 0 Å². The SMILES string of the molecule is CC(C)(C)c1ccc(O)c(-n2nc3ccccc3[n+]2[O-])c1. The second-order valence-corrected chi connectivity index (χ2v) is 6.10. The molecule has 1 N–H and O–H groups in total. The van der Waals surface area contributed by atoms with Crippen LogP contribution in [0.5, 0.6) is 5.75 Å². The Labute approximate surface area is 122 Å². The minimum Gasteiger partial charge on any atom is -0.692 e. The first-order chi connectivity index (χ1) is 9.88. The van der Waals surface area contributed by atoms with Crippen LogP contribution in [0.4, 0.5) is 0 Å². The molecule has 0 amide bonds. The zero-order valence-electron chi connectivity index (χ0n) is 12.2. The summed E-state index contributed by atoms with van der Waals surface area (Å²) < 4.78 is 0. The molecule has 0 aliphatic carbocycles. The van der Waals surface area contributed by atoms with Crippen LogP contribution in [0.1, 0.15) is 26.3 Å². The van der Waals surface area contributed by atoms with Crippen LogP contribution in [0.3, 0.4) is 0 Å². The molecule has 0 bridgehead atoms. The van der Waals surface area contributed by atoms with E-state index in [0.29, 0.717) is 21.6 Å². The van der Waals surface area contributed by atoms with Gasteiger partial charge >= 0.3 is 0 Å². The molecule has 0 saturated heterocycles. The Balaban J connectivity index is 2.25. The van der Waals surface area contributed by atoms with Crippen LogP contribution in [-0.2, 0) is 5.41 Å². The van der Waals surface area contributed by atoms with E-state index in [1.165, 1.54) is 4.80 Å². The van der Waals surface area contributed by atoms with Crippen molar-refractivity contribution in [2.75, 3.05) is 0 Å². The van der Waals surface area contributed by atoms with Gasteiger partial charge in [0.1, 0.15) is 5.75 Å². The fraction of sp³-hybridized carbons (Fsp3) is 0.250. The Morgan fingerprint density at radius 3 is 2.52 bits per heavy atom. The summed E-state index contributed by atoms with van der Waals surface area (Å²) in [4.78, 5) is 1.88. The van der Waals surface area contributed by atoms with E-state index in [9.17, 15) is 10.3 Å². The van der Waals surface area contributed by atoms with Crippen LogP contribution in [0.25, 0.3) is 16.7 Å². The average Bonchev–Trinajstić information content (AvgIpc) is 2.76. The van der Waals surface area contributed by atoms with Gasteiger partial charge in [0.25, 0.3) is 0 Å². The molecule has 0 spiro atoms. The zero-order valence-corrected chi connectivity index (χ0v) is 12.2. The Bertz CT molecular complexity index is 816. The minimum absolute atomic E-state index is 0.0282. The van der Waals surface area contributed by atoms with Crippen molar-refractivity contribution in [2.45, 2.75) is 26.2 Å². The Morgan fingerprint density at radius 2 is 1.86 bits per heavy atom. The van der Waals surface area contributed by atoms with E-state index in [1.54, 1.807) is 30.3 Å². The first-order valence-corrected chi connectivity index (χ1v) is 6.79. The summed E-state index contributed by atoms with van der Waals surface area (Å²) in [7, 11) is 0. The summed E-state index contributed by atoms with van der Waals surface area (Å²) in [5.74, 6) is 0.0282. The van der Waals surface area contributed by atoms with Crippen LogP contribution in [-0.4, -0.2) is 15.0 Å². The number of para-hydroxylation sites is 1. The number of rotatable bonds is 1. The number of benzene rings is 2. The monoisotopic (exact) mass is 283 g/mol. The summed E-state index contributed by atoms with van der Waals surface area (Å²) in [6, 6.07) is 12.3. The van der Waals surface area contributed by atoms with E-state index in [2.05, 4.69) is 25.9 Å². The van der Waals surface area contributed by atoms with Gasteiger partial charge in [0.05, 0.1) is 5.10 Å². The van der Waals surface area contributed by atoms with Crippen LogP contribution in [0, 0.1) is 5.21 Å². The van der Waals surface area contributed by atoms with Gasteiger partial charge in [-0.3, -0.25) is 0 Å². The summed E-state index contributed by atoms with van der Waals surface area (Å²) in [6.07, 6.45) is 0. The maximum Gasteiger partial charge on any atom is 0.250 e. The van der Waals surface area contributed by atoms with Crippen molar-refractivity contribution in [3.05, 3.63) is 53.2 Å². The highest BCUT2D eigenvalue weighted by Gasteiger charge is 2.21. The lowest BCUT2D eigenvalue weighted by Crippen LogP contribution is -2.37. The highest BCUT2D eigenvalue weighted by atomic mass is 16.5. The summed E-state index contributed by atoms with van der Waals surface area (Å²) >= 11 is 0. The molecule has 5 nitrogen and oxygen atoms in total. The van der Waals surface area contributed by atoms with Crippen LogP contribution < -0.4 is 4.85 Å². The van der Waals surface area contributed by atoms with E-state index in [4.69, 9.17) is 0 Å². The number of hydrogen-bond acceptors (Lipinski definition) is 3. The normalized spacial score (nSPS) is 12.0. The molecule has 0 unspecified atom stereocenters. The fourth-order valence-electron chi connectivity index (χ4n) is 2.26. The van der Waals surface area contributed by atoms with Crippen LogP contribution in [0.15, 0.2) is 42.5 Å². The molecule has 3 aromatic rings. The van der Waals surface area contributed by atoms with Gasteiger partial charge in [-0.2, -0.15) is 0 Å². The Kier molecular flexibility index (Phi) is 2.86. The molecule has 1 heterocycles. The van der Waals surface area contributed by atoms with E-state index >= 15 is 0 Å². The van der Waals surface area contributed by atoms with E-state index < -0.39 is 0 Å². The van der Waals surface area contributed by atoms with Gasteiger partial charge in [0.15, 0.2) is 5.69 Å². The number of fused-ring (bicyclic) bond motifs is 1. The number of aromatic hydroxyl groups is 1. The predicted octanol–water partition coefficient (Wildman–Crippen LogP) is 2.66. The largest absolute Gasteiger partial charge is 0.692 e. The van der Waals surface area contributed by atoms with Gasteiger partial charge in [-0.05, 0) is 40.0 Å². The molecule has 0 aliphatic heterocycles. The molecule has 0 fully saturated rings. The lowest BCUT2D eigenvalue weighted by atomic mass is 9.87. The summed E-state index contributed by atoms with van der Waals surface area (Å²) in [5, 5.41) is 26.7. The summed E-state index contributed by atoms with van der Waals surface area (Å²) in [6.45, 7) is 6.23. The highest BCUT2D eigenvalue weighted by molar-refractivity contribution is 5.70. The third kappa shape index (κ3) is 2.20. The Morgan fingerprint density at radius 1 is 1.14 bits per heavy atom. The van der Waals surface area contributed by atoms with E-state index in [0.717, 1.165) is 5.56 Å². The highest BCUT2D eigenvalue weighted by Crippen LogP contribution is 2.29. The standard InChI is InChI=1S/C16H17N3O2/c1-16(2,3)11-8-9-15(20)14(10-11)18-17-12-6-4-5-7-13(12)19(18)21/h4-10,20H,1-3H3. The number of phenols is 1. The Hall–Kier alpha value is -2.56. The maximum atomic E-state index is 12.3. The lowest BCUT2D eigenvalue weighted by Gasteiger charge is -2.19. The second kappa shape index (κ2) is 4.48. The molecule has 5 heteroatoms. The molecule has 0 saturated carbocycles. The summed E-state index contributed by atoms with van der Waals surface area (Å²) in [5.41, 5.74) is 2.39. The third-order valence-corrected chi connectivity index (χ3v) is 3.52. The van der Waals surface area contributed by atoms with Gasteiger partial charge in [0, 0.05) is 0 Å². The molecule has 108 valence electrons. The topological polar surface area (TPSA) is 65.0 Å². The first-order valence-electron chi connectivity index (χ1n) is 6.79. The number of nitrogens with zero attached hydrogens (tertiary/aromatic N) is 3. The molecule has 0 radical (unpaired) electrons. The minimum atomic E-state index is -0.0806. The predicted molar refractivity (Wildman–Crippen MR) is 80.4 cm³/mol. The molecule has 3 rings (SSSR count). The molecule has 2 aromatic carbocycles. The molecule has 0 aliphatic rings. The van der Waals surface area contributed by atoms with E-state index in [-0.39, 0.29) is 11.2 Å². The second-order valence-electron chi connectivity index (χ2n) is 6.10. The zero-order chi connectivity index (χ0) is 15.2. The lowest BCUT2D eigenvalue weighted by molar-refractivity contribution is -0.664. The average molecular weight is 283 g/mol.